The number of urea groups is 1. The third kappa shape index (κ3) is 1.86. The summed E-state index contributed by atoms with van der Waals surface area (Å²) in [5.74, 6) is -0.684. The Morgan fingerprint density at radius 1 is 1.16 bits per heavy atom. The van der Waals surface area contributed by atoms with Crippen molar-refractivity contribution in [3.63, 3.8) is 0 Å². The third-order valence-electron chi connectivity index (χ3n) is 4.99. The van der Waals surface area contributed by atoms with E-state index in [-0.39, 0.29) is 5.91 Å². The van der Waals surface area contributed by atoms with E-state index < -0.39 is 22.9 Å². The van der Waals surface area contributed by atoms with Crippen molar-refractivity contribution in [2.24, 2.45) is 5.41 Å². The molecule has 2 rings (SSSR count). The molecule has 0 unspecified atom stereocenters. The molecule has 0 bridgehead atoms. The first kappa shape index (κ1) is 14.0. The van der Waals surface area contributed by atoms with Crippen LogP contribution in [0.2, 0.25) is 0 Å². The molecule has 2 aliphatic rings. The van der Waals surface area contributed by atoms with Gasteiger partial charge in [0.05, 0.1) is 0 Å². The normalized spacial score (nSPS) is 23.1. The van der Waals surface area contributed by atoms with E-state index in [1.54, 1.807) is 0 Å². The van der Waals surface area contributed by atoms with Gasteiger partial charge < -0.3 is 0 Å². The Morgan fingerprint density at radius 3 is 2.16 bits per heavy atom. The predicted octanol–water partition coefficient (Wildman–Crippen LogP) is 2.20. The lowest BCUT2D eigenvalue weighted by Crippen LogP contribution is -2.68. The maximum absolute atomic E-state index is 12.8. The number of barbiturate groups is 1. The second kappa shape index (κ2) is 4.62. The summed E-state index contributed by atoms with van der Waals surface area (Å²) in [5.41, 5.74) is -1.50. The van der Waals surface area contributed by atoms with Crippen molar-refractivity contribution in [1.29, 1.82) is 0 Å². The van der Waals surface area contributed by atoms with Gasteiger partial charge in [0.25, 0.3) is 0 Å². The maximum atomic E-state index is 12.8. The Labute approximate surface area is 113 Å². The van der Waals surface area contributed by atoms with Crippen LogP contribution in [0.3, 0.4) is 0 Å². The van der Waals surface area contributed by atoms with Crippen molar-refractivity contribution in [1.82, 2.24) is 10.2 Å². The zero-order valence-corrected chi connectivity index (χ0v) is 11.9. The Hall–Kier alpha value is -1.39. The second-order valence-corrected chi connectivity index (χ2v) is 5.89. The van der Waals surface area contributed by atoms with Gasteiger partial charge in [-0.3, -0.25) is 19.8 Å². The summed E-state index contributed by atoms with van der Waals surface area (Å²) in [6.07, 6.45) is 4.24. The summed E-state index contributed by atoms with van der Waals surface area (Å²) in [6, 6.07) is -0.557. The van der Waals surface area contributed by atoms with Crippen molar-refractivity contribution >= 4 is 17.8 Å². The molecule has 5 nitrogen and oxygen atoms in total. The molecular formula is C14H22N2O3. The Morgan fingerprint density at radius 2 is 1.68 bits per heavy atom. The summed E-state index contributed by atoms with van der Waals surface area (Å²) in [6.45, 7) is 5.83. The first-order chi connectivity index (χ1) is 8.91. The van der Waals surface area contributed by atoms with Crippen LogP contribution in [0.15, 0.2) is 0 Å². The zero-order chi connectivity index (χ0) is 14.3. The summed E-state index contributed by atoms with van der Waals surface area (Å²) in [7, 11) is 0. The van der Waals surface area contributed by atoms with Crippen LogP contribution in [-0.4, -0.2) is 28.3 Å². The Kier molecular flexibility index (Phi) is 3.41. The van der Waals surface area contributed by atoms with Crippen LogP contribution in [0.25, 0.3) is 0 Å². The molecule has 5 heteroatoms. The third-order valence-corrected chi connectivity index (χ3v) is 4.99. The van der Waals surface area contributed by atoms with E-state index in [1.807, 2.05) is 20.8 Å². The highest BCUT2D eigenvalue weighted by Crippen LogP contribution is 2.44. The fourth-order valence-electron chi connectivity index (χ4n) is 3.15. The van der Waals surface area contributed by atoms with Crippen LogP contribution in [0, 0.1) is 5.41 Å². The number of nitrogens with zero attached hydrogens (tertiary/aromatic N) is 1. The average Bonchev–Trinajstić information content (AvgIpc) is 2.87. The molecule has 1 N–H and O–H groups in total. The molecule has 0 aromatic heterocycles. The van der Waals surface area contributed by atoms with Gasteiger partial charge in [-0.15, -0.1) is 0 Å². The lowest BCUT2D eigenvalue weighted by Gasteiger charge is -2.45. The standard InChI is InChI=1S/C14H22N2O3/c1-4-13(3,5-2)16-11(18)14(8-6-7-9-14)10(17)15-12(16)19/h4-9H2,1-3H3,(H,15,17,19). The van der Waals surface area contributed by atoms with Gasteiger partial charge in [0.2, 0.25) is 11.8 Å². The molecule has 2 fully saturated rings. The van der Waals surface area contributed by atoms with E-state index in [4.69, 9.17) is 0 Å². The van der Waals surface area contributed by atoms with Crippen LogP contribution >= 0.6 is 0 Å². The molecule has 0 atom stereocenters. The van der Waals surface area contributed by atoms with Crippen molar-refractivity contribution in [3.05, 3.63) is 0 Å². The second-order valence-electron chi connectivity index (χ2n) is 5.89. The van der Waals surface area contributed by atoms with Crippen LogP contribution < -0.4 is 5.32 Å². The van der Waals surface area contributed by atoms with Crippen molar-refractivity contribution in [2.75, 3.05) is 0 Å². The Bertz CT molecular complexity index is 420. The van der Waals surface area contributed by atoms with E-state index in [0.29, 0.717) is 25.7 Å². The van der Waals surface area contributed by atoms with Gasteiger partial charge in [0.1, 0.15) is 5.41 Å². The van der Waals surface area contributed by atoms with Gasteiger partial charge in [0.15, 0.2) is 0 Å². The molecule has 4 amide bonds. The minimum Gasteiger partial charge on any atom is -0.277 e. The van der Waals surface area contributed by atoms with Crippen LogP contribution in [-0.2, 0) is 9.59 Å². The maximum Gasteiger partial charge on any atom is 0.331 e. The molecule has 1 spiro atoms. The number of rotatable bonds is 3. The van der Waals surface area contributed by atoms with Crippen LogP contribution in [0.4, 0.5) is 4.79 Å². The van der Waals surface area contributed by atoms with E-state index in [2.05, 4.69) is 5.32 Å². The molecule has 0 radical (unpaired) electrons. The smallest absolute Gasteiger partial charge is 0.277 e. The number of nitrogens with one attached hydrogen (secondary N) is 1. The van der Waals surface area contributed by atoms with Crippen molar-refractivity contribution in [3.8, 4) is 0 Å². The summed E-state index contributed by atoms with van der Waals surface area (Å²) < 4.78 is 0. The molecule has 106 valence electrons. The number of hydrogen-bond acceptors (Lipinski definition) is 3. The summed E-state index contributed by atoms with van der Waals surface area (Å²) >= 11 is 0. The molecule has 0 aromatic carbocycles. The largest absolute Gasteiger partial charge is 0.331 e. The molecule has 1 aliphatic heterocycles. The fraction of sp³-hybridized carbons (Fsp3) is 0.786. The van der Waals surface area contributed by atoms with E-state index >= 15 is 0 Å². The SMILES string of the molecule is CCC(C)(CC)N1C(=O)NC(=O)C2(CCCC2)C1=O. The van der Waals surface area contributed by atoms with Crippen molar-refractivity contribution in [2.45, 2.75) is 64.8 Å². The number of amides is 4. The predicted molar refractivity (Wildman–Crippen MR) is 70.3 cm³/mol. The van der Waals surface area contributed by atoms with Crippen LogP contribution in [0.1, 0.15) is 59.3 Å². The van der Waals surface area contributed by atoms with Gasteiger partial charge >= 0.3 is 6.03 Å². The molecule has 1 saturated heterocycles. The van der Waals surface area contributed by atoms with Gasteiger partial charge in [-0.25, -0.2) is 4.79 Å². The number of hydrogen-bond donors (Lipinski definition) is 1. The number of imide groups is 2. The highest BCUT2D eigenvalue weighted by atomic mass is 16.2. The topological polar surface area (TPSA) is 66.5 Å². The lowest BCUT2D eigenvalue weighted by atomic mass is 9.79. The number of carbonyl (C=O) groups excluding carboxylic acids is 3. The first-order valence-corrected chi connectivity index (χ1v) is 7.11. The van der Waals surface area contributed by atoms with E-state index in [1.165, 1.54) is 4.90 Å². The minimum atomic E-state index is -0.987. The molecular weight excluding hydrogens is 244 g/mol. The molecule has 0 aromatic rings. The lowest BCUT2D eigenvalue weighted by molar-refractivity contribution is -0.155. The fourth-order valence-corrected chi connectivity index (χ4v) is 3.15. The van der Waals surface area contributed by atoms with Crippen molar-refractivity contribution < 1.29 is 14.4 Å². The molecule has 19 heavy (non-hydrogen) atoms. The first-order valence-electron chi connectivity index (χ1n) is 7.11. The quantitative estimate of drug-likeness (QED) is 0.796. The number of carbonyl (C=O) groups is 3. The van der Waals surface area contributed by atoms with E-state index in [0.717, 1.165) is 12.8 Å². The zero-order valence-electron chi connectivity index (χ0n) is 11.9. The molecule has 1 aliphatic carbocycles. The molecule has 1 heterocycles. The van der Waals surface area contributed by atoms with Gasteiger partial charge in [-0.05, 0) is 32.6 Å². The summed E-state index contributed by atoms with van der Waals surface area (Å²) in [5, 5.41) is 2.39. The highest BCUT2D eigenvalue weighted by Gasteiger charge is 2.57. The van der Waals surface area contributed by atoms with E-state index in [9.17, 15) is 14.4 Å². The van der Waals surface area contributed by atoms with Crippen LogP contribution in [0.5, 0.6) is 0 Å². The van der Waals surface area contributed by atoms with Gasteiger partial charge in [0, 0.05) is 5.54 Å². The Balaban J connectivity index is 2.42. The molecule has 1 saturated carbocycles. The average molecular weight is 266 g/mol. The van der Waals surface area contributed by atoms with Gasteiger partial charge in [-0.2, -0.15) is 0 Å². The summed E-state index contributed by atoms with van der Waals surface area (Å²) in [4.78, 5) is 38.3. The monoisotopic (exact) mass is 266 g/mol. The van der Waals surface area contributed by atoms with Gasteiger partial charge in [-0.1, -0.05) is 26.7 Å². The highest BCUT2D eigenvalue weighted by molar-refractivity contribution is 6.19. The minimum absolute atomic E-state index is 0.287.